The Morgan fingerprint density at radius 1 is 0.895 bits per heavy atom. The molecule has 3 N–H and O–H groups in total. The van der Waals surface area contributed by atoms with E-state index >= 15 is 0 Å². The van der Waals surface area contributed by atoms with Crippen molar-refractivity contribution in [1.82, 2.24) is 10.3 Å². The normalized spacial score (nSPS) is 12.1. The highest BCUT2D eigenvalue weighted by Gasteiger charge is 2.21. The Hall–Kier alpha value is -4.78. The second-order valence-corrected chi connectivity index (χ2v) is 9.13. The Labute approximate surface area is 221 Å². The summed E-state index contributed by atoms with van der Waals surface area (Å²) in [6.07, 6.45) is 2.17. The maximum atomic E-state index is 12.4. The molecule has 0 bridgehead atoms. The van der Waals surface area contributed by atoms with Crippen molar-refractivity contribution in [2.45, 2.75) is 26.2 Å². The molecule has 0 aliphatic carbocycles. The standard InChI is InChI=1S/C31H29N3O4/c1-20-7-3-4-12-27(20)28(18-29(34-38)25-13-14-32-21(2)15-25)24-10-5-8-22(16-24)23-9-6-11-26(17-23)31(37)33-19-30(35)36/h3-17,28,38H,18-19H2,1-2H3,(H,33,37)(H,35,36)/b34-29+. The van der Waals surface area contributed by atoms with Crippen molar-refractivity contribution in [3.05, 3.63) is 125 Å². The third-order valence-corrected chi connectivity index (χ3v) is 6.46. The topological polar surface area (TPSA) is 112 Å². The van der Waals surface area contributed by atoms with Crippen LogP contribution >= 0.6 is 0 Å². The van der Waals surface area contributed by atoms with Gasteiger partial charge in [0.25, 0.3) is 5.91 Å². The maximum absolute atomic E-state index is 12.4. The summed E-state index contributed by atoms with van der Waals surface area (Å²) >= 11 is 0. The molecule has 1 aromatic heterocycles. The summed E-state index contributed by atoms with van der Waals surface area (Å²) in [7, 11) is 0. The second-order valence-electron chi connectivity index (χ2n) is 9.13. The second kappa shape index (κ2) is 12.0. The first kappa shape index (κ1) is 26.3. The van der Waals surface area contributed by atoms with E-state index in [-0.39, 0.29) is 5.92 Å². The van der Waals surface area contributed by atoms with Crippen molar-refractivity contribution in [1.29, 1.82) is 0 Å². The summed E-state index contributed by atoms with van der Waals surface area (Å²) in [5, 5.41) is 24.9. The number of carbonyl (C=O) groups excluding carboxylic acids is 1. The summed E-state index contributed by atoms with van der Waals surface area (Å²) in [5.74, 6) is -1.64. The molecular weight excluding hydrogens is 478 g/mol. The van der Waals surface area contributed by atoms with E-state index in [1.165, 1.54) is 0 Å². The zero-order chi connectivity index (χ0) is 27.1. The van der Waals surface area contributed by atoms with Crippen molar-refractivity contribution < 1.29 is 19.9 Å². The van der Waals surface area contributed by atoms with E-state index in [4.69, 9.17) is 5.11 Å². The molecule has 1 unspecified atom stereocenters. The molecule has 0 aliphatic heterocycles. The Balaban J connectivity index is 1.72. The van der Waals surface area contributed by atoms with Crippen LogP contribution in [0.5, 0.6) is 0 Å². The number of carbonyl (C=O) groups is 2. The van der Waals surface area contributed by atoms with Crippen LogP contribution in [-0.4, -0.2) is 39.4 Å². The number of hydrogen-bond donors (Lipinski definition) is 3. The van der Waals surface area contributed by atoms with Gasteiger partial charge in [0.2, 0.25) is 0 Å². The fraction of sp³-hybridized carbons (Fsp3) is 0.161. The number of oxime groups is 1. The van der Waals surface area contributed by atoms with Crippen LogP contribution in [-0.2, 0) is 4.79 Å². The molecule has 192 valence electrons. The largest absolute Gasteiger partial charge is 0.480 e. The van der Waals surface area contributed by atoms with E-state index in [1.807, 2.05) is 49.4 Å². The van der Waals surface area contributed by atoms with Crippen molar-refractivity contribution >= 4 is 17.6 Å². The molecule has 0 fully saturated rings. The van der Waals surface area contributed by atoms with Crippen LogP contribution in [0, 0.1) is 13.8 Å². The van der Waals surface area contributed by atoms with Gasteiger partial charge in [-0.15, -0.1) is 0 Å². The number of carboxylic acids is 1. The Morgan fingerprint density at radius 3 is 2.34 bits per heavy atom. The monoisotopic (exact) mass is 507 g/mol. The lowest BCUT2D eigenvalue weighted by molar-refractivity contribution is -0.135. The number of hydrogen-bond acceptors (Lipinski definition) is 5. The number of amides is 1. The van der Waals surface area contributed by atoms with Crippen molar-refractivity contribution in [2.24, 2.45) is 5.16 Å². The van der Waals surface area contributed by atoms with Gasteiger partial charge in [-0.25, -0.2) is 0 Å². The van der Waals surface area contributed by atoms with Crippen LogP contribution in [0.2, 0.25) is 0 Å². The average Bonchev–Trinajstić information content (AvgIpc) is 2.93. The van der Waals surface area contributed by atoms with E-state index < -0.39 is 18.4 Å². The van der Waals surface area contributed by atoms with Gasteiger partial charge in [-0.3, -0.25) is 14.6 Å². The maximum Gasteiger partial charge on any atom is 0.322 e. The van der Waals surface area contributed by atoms with Crippen molar-refractivity contribution in [3.8, 4) is 11.1 Å². The SMILES string of the molecule is Cc1cc(/C(CC(c2cccc(-c3cccc(C(=O)NCC(=O)O)c3)c2)c2ccccc2C)=N/O)ccn1. The van der Waals surface area contributed by atoms with Crippen LogP contribution in [0.1, 0.15) is 50.6 Å². The summed E-state index contributed by atoms with van der Waals surface area (Å²) in [5.41, 5.74) is 7.63. The fourth-order valence-corrected chi connectivity index (χ4v) is 4.55. The van der Waals surface area contributed by atoms with Crippen LogP contribution < -0.4 is 5.32 Å². The number of pyridine rings is 1. The number of aromatic nitrogens is 1. The molecule has 1 atom stereocenters. The molecule has 1 amide bonds. The molecule has 4 aromatic rings. The van der Waals surface area contributed by atoms with Crippen LogP contribution in [0.15, 0.2) is 96.3 Å². The molecule has 0 saturated heterocycles. The molecule has 7 heteroatoms. The smallest absolute Gasteiger partial charge is 0.322 e. The minimum Gasteiger partial charge on any atom is -0.480 e. The third-order valence-electron chi connectivity index (χ3n) is 6.46. The van der Waals surface area contributed by atoms with E-state index in [9.17, 15) is 14.8 Å². The summed E-state index contributed by atoms with van der Waals surface area (Å²) < 4.78 is 0. The number of rotatable bonds is 9. The summed E-state index contributed by atoms with van der Waals surface area (Å²) in [6, 6.07) is 27.1. The summed E-state index contributed by atoms with van der Waals surface area (Å²) in [6.45, 7) is 3.52. The molecule has 1 heterocycles. The Morgan fingerprint density at radius 2 is 1.63 bits per heavy atom. The van der Waals surface area contributed by atoms with Gasteiger partial charge in [0, 0.05) is 35.4 Å². The number of carboxylic acid groups (broad SMARTS) is 1. The highest BCUT2D eigenvalue weighted by Crippen LogP contribution is 2.34. The lowest BCUT2D eigenvalue weighted by Gasteiger charge is -2.22. The molecule has 7 nitrogen and oxygen atoms in total. The van der Waals surface area contributed by atoms with Gasteiger partial charge in [0.1, 0.15) is 6.54 Å². The highest BCUT2D eigenvalue weighted by molar-refractivity contribution is 6.01. The molecular formula is C31H29N3O4. The Bertz CT molecular complexity index is 1500. The van der Waals surface area contributed by atoms with Gasteiger partial charge < -0.3 is 15.6 Å². The zero-order valence-electron chi connectivity index (χ0n) is 21.3. The molecule has 4 rings (SSSR count). The first-order chi connectivity index (χ1) is 18.4. The molecule has 38 heavy (non-hydrogen) atoms. The highest BCUT2D eigenvalue weighted by atomic mass is 16.4. The van der Waals surface area contributed by atoms with Gasteiger partial charge in [-0.1, -0.05) is 65.8 Å². The van der Waals surface area contributed by atoms with Gasteiger partial charge in [0.05, 0.1) is 5.71 Å². The van der Waals surface area contributed by atoms with Crippen molar-refractivity contribution in [2.75, 3.05) is 6.54 Å². The lowest BCUT2D eigenvalue weighted by atomic mass is 9.82. The van der Waals surface area contributed by atoms with E-state index in [0.717, 1.165) is 39.1 Å². The number of benzene rings is 3. The van der Waals surface area contributed by atoms with Gasteiger partial charge in [0.15, 0.2) is 0 Å². The van der Waals surface area contributed by atoms with E-state index in [1.54, 1.807) is 24.4 Å². The minimum absolute atomic E-state index is 0.0995. The predicted octanol–water partition coefficient (Wildman–Crippen LogP) is 5.58. The van der Waals surface area contributed by atoms with Gasteiger partial charge in [-0.2, -0.15) is 0 Å². The van der Waals surface area contributed by atoms with E-state index in [0.29, 0.717) is 17.7 Å². The Kier molecular flexibility index (Phi) is 8.28. The first-order valence-corrected chi connectivity index (χ1v) is 12.3. The molecule has 0 aliphatic rings. The van der Waals surface area contributed by atoms with Gasteiger partial charge >= 0.3 is 5.97 Å². The lowest BCUT2D eigenvalue weighted by Crippen LogP contribution is -2.29. The number of nitrogens with zero attached hydrogens (tertiary/aromatic N) is 2. The average molecular weight is 508 g/mol. The molecule has 0 spiro atoms. The minimum atomic E-state index is -1.10. The quantitative estimate of drug-likeness (QED) is 0.156. The molecule has 3 aromatic carbocycles. The zero-order valence-corrected chi connectivity index (χ0v) is 21.3. The molecule has 0 radical (unpaired) electrons. The van der Waals surface area contributed by atoms with Gasteiger partial charge in [-0.05, 0) is 65.9 Å². The van der Waals surface area contributed by atoms with Crippen LogP contribution in [0.25, 0.3) is 11.1 Å². The molecule has 0 saturated carbocycles. The number of aryl methyl sites for hydroxylation is 2. The third kappa shape index (κ3) is 6.31. The van der Waals surface area contributed by atoms with Crippen LogP contribution in [0.4, 0.5) is 0 Å². The fourth-order valence-electron chi connectivity index (χ4n) is 4.55. The summed E-state index contributed by atoms with van der Waals surface area (Å²) in [4.78, 5) is 27.5. The van der Waals surface area contributed by atoms with Crippen molar-refractivity contribution in [3.63, 3.8) is 0 Å². The number of nitrogens with one attached hydrogen (secondary N) is 1. The first-order valence-electron chi connectivity index (χ1n) is 12.3. The predicted molar refractivity (Wildman–Crippen MR) is 147 cm³/mol. The van der Waals surface area contributed by atoms with E-state index in [2.05, 4.69) is 46.6 Å². The number of aliphatic carboxylic acids is 1. The van der Waals surface area contributed by atoms with Crippen LogP contribution in [0.3, 0.4) is 0 Å².